The lowest BCUT2D eigenvalue weighted by molar-refractivity contribution is 0.404. The van der Waals surface area contributed by atoms with E-state index < -0.39 is 0 Å². The number of rotatable bonds is 0. The van der Waals surface area contributed by atoms with E-state index in [0.717, 1.165) is 0 Å². The lowest BCUT2D eigenvalue weighted by atomic mass is 10.3. The summed E-state index contributed by atoms with van der Waals surface area (Å²) in [6, 6.07) is 6.15. The van der Waals surface area contributed by atoms with Crippen molar-refractivity contribution in [3.63, 3.8) is 0 Å². The quantitative estimate of drug-likeness (QED) is 0.470. The van der Waals surface area contributed by atoms with Crippen molar-refractivity contribution in [1.29, 1.82) is 0 Å². The Bertz CT molecular complexity index is 172. The molecule has 0 bridgehead atoms. The van der Waals surface area contributed by atoms with E-state index in [2.05, 4.69) is 0 Å². The summed E-state index contributed by atoms with van der Waals surface area (Å²) in [5.41, 5.74) is 0. The molecule has 0 saturated heterocycles. The third-order valence-corrected chi connectivity index (χ3v) is 0.882. The Morgan fingerprint density at radius 3 is 1.40 bits per heavy atom. The van der Waals surface area contributed by atoms with Gasteiger partial charge in [0.15, 0.2) is 11.5 Å². The summed E-state index contributed by atoms with van der Waals surface area (Å²) in [5.74, 6) is -0.153. The van der Waals surface area contributed by atoms with Gasteiger partial charge in [-0.25, -0.2) is 0 Å². The van der Waals surface area contributed by atoms with Crippen molar-refractivity contribution in [2.75, 3.05) is 0 Å². The zero-order valence-corrected chi connectivity index (χ0v) is 7.55. The maximum absolute atomic E-state index is 8.67. The molecule has 0 aliphatic rings. The van der Waals surface area contributed by atoms with Crippen LogP contribution in [0.5, 0.6) is 11.5 Å². The third kappa shape index (κ3) is 2.90. The Morgan fingerprint density at radius 2 is 1.20 bits per heavy atom. The van der Waals surface area contributed by atoms with E-state index in [-0.39, 0.29) is 33.8 Å². The van der Waals surface area contributed by atoms with E-state index in [0.29, 0.717) is 0 Å². The van der Waals surface area contributed by atoms with Gasteiger partial charge in [0, 0.05) is 0 Å². The van der Waals surface area contributed by atoms with Crippen LogP contribution >= 0.6 is 22.3 Å². The summed E-state index contributed by atoms with van der Waals surface area (Å²) in [6.07, 6.45) is 0. The van der Waals surface area contributed by atoms with Gasteiger partial charge in [0.2, 0.25) is 0 Å². The van der Waals surface area contributed by atoms with Gasteiger partial charge in [0.1, 0.15) is 0 Å². The third-order valence-electron chi connectivity index (χ3n) is 0.882. The van der Waals surface area contributed by atoms with Gasteiger partial charge in [0.25, 0.3) is 0 Å². The monoisotopic (exact) mass is 180 g/mol. The first-order valence-corrected chi connectivity index (χ1v) is 2.27. The molecule has 0 fully saturated rings. The lowest BCUT2D eigenvalue weighted by Crippen LogP contribution is -1.63. The molecule has 1 aromatic rings. The molecule has 0 saturated carbocycles. The molecular weight excluding hydrogens is 170 g/mol. The second-order valence-corrected chi connectivity index (χ2v) is 1.49. The van der Waals surface area contributed by atoms with E-state index in [9.17, 15) is 0 Å². The molecule has 2 nitrogen and oxygen atoms in total. The van der Waals surface area contributed by atoms with Crippen LogP contribution in [0, 0.1) is 0 Å². The number of para-hydroxylation sites is 2. The summed E-state index contributed by atoms with van der Waals surface area (Å²) in [7, 11) is 0. The molecule has 0 amide bonds. The Labute approximate surface area is 68.9 Å². The topological polar surface area (TPSA) is 40.5 Å². The molecular formula is C6H10ClO2P. The molecule has 0 spiro atoms. The van der Waals surface area contributed by atoms with Gasteiger partial charge in [0.05, 0.1) is 0 Å². The van der Waals surface area contributed by atoms with Crippen molar-refractivity contribution in [3.8, 4) is 11.5 Å². The highest BCUT2D eigenvalue weighted by Gasteiger charge is 1.90. The number of phenolic OH excluding ortho intramolecular Hbond substituents is 2. The van der Waals surface area contributed by atoms with Crippen LogP contribution in [0.2, 0.25) is 0 Å². The summed E-state index contributed by atoms with van der Waals surface area (Å²) in [6.45, 7) is 0. The van der Waals surface area contributed by atoms with Crippen molar-refractivity contribution in [1.82, 2.24) is 0 Å². The van der Waals surface area contributed by atoms with Crippen LogP contribution in [0.1, 0.15) is 0 Å². The van der Waals surface area contributed by atoms with Gasteiger partial charge < -0.3 is 10.2 Å². The van der Waals surface area contributed by atoms with Crippen LogP contribution in [0.3, 0.4) is 0 Å². The maximum Gasteiger partial charge on any atom is 0.157 e. The summed E-state index contributed by atoms with van der Waals surface area (Å²) in [4.78, 5) is 0. The van der Waals surface area contributed by atoms with Crippen molar-refractivity contribution < 1.29 is 10.2 Å². The molecule has 0 aromatic heterocycles. The smallest absolute Gasteiger partial charge is 0.157 e. The fourth-order valence-electron chi connectivity index (χ4n) is 0.464. The van der Waals surface area contributed by atoms with Gasteiger partial charge in [-0.05, 0) is 12.1 Å². The first-order valence-electron chi connectivity index (χ1n) is 2.27. The lowest BCUT2D eigenvalue weighted by Gasteiger charge is -1.91. The Hall–Kier alpha value is -0.460. The van der Waals surface area contributed by atoms with Crippen molar-refractivity contribution in [2.24, 2.45) is 0 Å². The molecule has 1 aromatic carbocycles. The number of benzene rings is 1. The van der Waals surface area contributed by atoms with E-state index in [1.165, 1.54) is 12.1 Å². The first-order chi connectivity index (χ1) is 3.80. The van der Waals surface area contributed by atoms with E-state index in [1.54, 1.807) is 12.1 Å². The van der Waals surface area contributed by atoms with Crippen molar-refractivity contribution in [2.45, 2.75) is 0 Å². The number of halogens is 1. The molecule has 10 heavy (non-hydrogen) atoms. The summed E-state index contributed by atoms with van der Waals surface area (Å²) < 4.78 is 0. The highest BCUT2D eigenvalue weighted by molar-refractivity contribution is 6.92. The van der Waals surface area contributed by atoms with Gasteiger partial charge in [-0.15, -0.1) is 12.4 Å². The molecule has 58 valence electrons. The minimum Gasteiger partial charge on any atom is -0.504 e. The molecule has 0 aliphatic carbocycles. The van der Waals surface area contributed by atoms with Gasteiger partial charge in [-0.2, -0.15) is 9.90 Å². The number of hydrogen-bond donors (Lipinski definition) is 2. The number of phenols is 2. The Balaban J connectivity index is 0. The first kappa shape index (κ1) is 12.2. The Kier molecular flexibility index (Phi) is 6.53. The van der Waals surface area contributed by atoms with Gasteiger partial charge in [-0.1, -0.05) is 12.1 Å². The SMILES string of the molecule is Cl.Oc1ccccc1O.P. The van der Waals surface area contributed by atoms with E-state index in [4.69, 9.17) is 10.2 Å². The molecule has 0 heterocycles. The summed E-state index contributed by atoms with van der Waals surface area (Å²) >= 11 is 0. The normalized spacial score (nSPS) is 7.20. The van der Waals surface area contributed by atoms with Crippen LogP contribution in [-0.2, 0) is 0 Å². The van der Waals surface area contributed by atoms with E-state index in [1.807, 2.05) is 0 Å². The van der Waals surface area contributed by atoms with Crippen molar-refractivity contribution in [3.05, 3.63) is 24.3 Å². The molecule has 1 atom stereocenters. The average Bonchev–Trinajstić information content (AvgIpc) is 1.77. The second kappa shape index (κ2) is 5.33. The molecule has 1 unspecified atom stereocenters. The van der Waals surface area contributed by atoms with Crippen LogP contribution in [0.4, 0.5) is 0 Å². The predicted molar refractivity (Wildman–Crippen MR) is 48.1 cm³/mol. The maximum atomic E-state index is 8.67. The molecule has 1 rings (SSSR count). The zero-order chi connectivity index (χ0) is 5.98. The van der Waals surface area contributed by atoms with E-state index >= 15 is 0 Å². The number of hydrogen-bond acceptors (Lipinski definition) is 2. The standard InChI is InChI=1S/C6H6O2.ClH.H3P/c7-5-3-1-2-4-6(5)8;;/h1-4,7-8H;1H;1H3. The minimum absolute atomic E-state index is 0. The highest BCUT2D eigenvalue weighted by atomic mass is 35.5. The fraction of sp³-hybridized carbons (Fsp3) is 0. The number of aromatic hydroxyl groups is 2. The van der Waals surface area contributed by atoms with Crippen molar-refractivity contribution >= 4 is 22.3 Å². The van der Waals surface area contributed by atoms with Crippen LogP contribution in [-0.4, -0.2) is 10.2 Å². The molecule has 0 aliphatic heterocycles. The second-order valence-electron chi connectivity index (χ2n) is 1.49. The van der Waals surface area contributed by atoms with Gasteiger partial charge >= 0.3 is 0 Å². The largest absolute Gasteiger partial charge is 0.504 e. The molecule has 4 heteroatoms. The fourth-order valence-corrected chi connectivity index (χ4v) is 0.464. The average molecular weight is 181 g/mol. The van der Waals surface area contributed by atoms with Gasteiger partial charge in [-0.3, -0.25) is 0 Å². The highest BCUT2D eigenvalue weighted by Crippen LogP contribution is 2.21. The summed E-state index contributed by atoms with van der Waals surface area (Å²) in [5, 5.41) is 17.3. The van der Waals surface area contributed by atoms with Crippen LogP contribution in [0.15, 0.2) is 24.3 Å². The molecule has 2 N–H and O–H groups in total. The zero-order valence-electron chi connectivity index (χ0n) is 5.32. The Morgan fingerprint density at radius 1 is 0.900 bits per heavy atom. The predicted octanol–water partition coefficient (Wildman–Crippen LogP) is 1.58. The minimum atomic E-state index is -0.0764. The van der Waals surface area contributed by atoms with Crippen LogP contribution in [0.25, 0.3) is 0 Å². The van der Waals surface area contributed by atoms with Crippen LogP contribution < -0.4 is 0 Å². The molecule has 0 radical (unpaired) electrons.